The third kappa shape index (κ3) is 2.41. The molecule has 18 heavy (non-hydrogen) atoms. The first kappa shape index (κ1) is 13.1. The van der Waals surface area contributed by atoms with E-state index in [1.165, 1.54) is 0 Å². The second-order valence-corrected chi connectivity index (χ2v) is 6.24. The van der Waals surface area contributed by atoms with Gasteiger partial charge in [0, 0.05) is 6.42 Å². The van der Waals surface area contributed by atoms with Crippen molar-refractivity contribution < 1.29 is 9.90 Å². The van der Waals surface area contributed by atoms with E-state index >= 15 is 0 Å². The first-order valence-corrected chi connectivity index (χ1v) is 6.48. The highest BCUT2D eigenvalue weighted by Crippen LogP contribution is 2.26. The van der Waals surface area contributed by atoms with Gasteiger partial charge in [-0.25, -0.2) is 9.78 Å². The average molecular weight is 311 g/mol. The summed E-state index contributed by atoms with van der Waals surface area (Å²) in [5.41, 5.74) is 1.07. The lowest BCUT2D eigenvalue weighted by Crippen LogP contribution is -2.14. The fourth-order valence-corrected chi connectivity index (χ4v) is 2.44. The van der Waals surface area contributed by atoms with Crippen LogP contribution in [0.4, 0.5) is 0 Å². The molecule has 0 atom stereocenters. The highest BCUT2D eigenvalue weighted by Gasteiger charge is 2.20. The second-order valence-electron chi connectivity index (χ2n) is 5.49. The van der Waals surface area contributed by atoms with Crippen molar-refractivity contribution in [2.45, 2.75) is 27.2 Å². The molecule has 2 aromatic rings. The minimum atomic E-state index is -0.944. The van der Waals surface area contributed by atoms with Crippen LogP contribution in [0.15, 0.2) is 22.8 Å². The molecule has 5 heteroatoms. The minimum absolute atomic E-state index is 0.0480. The van der Waals surface area contributed by atoms with Gasteiger partial charge in [0.15, 0.2) is 0 Å². The van der Waals surface area contributed by atoms with Gasteiger partial charge in [0.2, 0.25) is 0 Å². The molecule has 1 N–H and O–H groups in total. The maximum absolute atomic E-state index is 11.3. The Morgan fingerprint density at radius 3 is 2.67 bits per heavy atom. The normalized spacial score (nSPS) is 12.0. The van der Waals surface area contributed by atoms with Crippen molar-refractivity contribution in [2.75, 3.05) is 0 Å². The molecule has 0 aliphatic heterocycles. The molecule has 0 aliphatic carbocycles. The molecule has 2 heterocycles. The molecule has 0 amide bonds. The van der Waals surface area contributed by atoms with E-state index in [-0.39, 0.29) is 11.1 Å². The Labute approximate surface area is 114 Å². The molecule has 0 bridgehead atoms. The van der Waals surface area contributed by atoms with Gasteiger partial charge in [-0.1, -0.05) is 26.8 Å². The maximum atomic E-state index is 11.3. The van der Waals surface area contributed by atoms with Crippen LogP contribution in [0.25, 0.3) is 5.52 Å². The molecule has 2 rings (SSSR count). The van der Waals surface area contributed by atoms with Crippen molar-refractivity contribution >= 4 is 27.4 Å². The van der Waals surface area contributed by atoms with Crippen molar-refractivity contribution in [3.05, 3.63) is 34.3 Å². The molecule has 96 valence electrons. The smallest absolute Gasteiger partial charge is 0.352 e. The average Bonchev–Trinajstić information content (AvgIpc) is 2.53. The van der Waals surface area contributed by atoms with E-state index in [1.807, 2.05) is 6.07 Å². The maximum Gasteiger partial charge on any atom is 0.352 e. The molecule has 0 aliphatic rings. The van der Waals surface area contributed by atoms with Gasteiger partial charge in [-0.15, -0.1) is 0 Å². The van der Waals surface area contributed by atoms with E-state index in [0.717, 1.165) is 11.3 Å². The lowest BCUT2D eigenvalue weighted by molar-refractivity contribution is 0.0688. The number of pyridine rings is 1. The molecule has 0 radical (unpaired) electrons. The zero-order valence-electron chi connectivity index (χ0n) is 10.6. The van der Waals surface area contributed by atoms with Crippen molar-refractivity contribution in [3.8, 4) is 0 Å². The molecule has 4 nitrogen and oxygen atoms in total. The van der Waals surface area contributed by atoms with Crippen molar-refractivity contribution in [1.82, 2.24) is 9.38 Å². The van der Waals surface area contributed by atoms with Crippen LogP contribution in [0.5, 0.6) is 0 Å². The summed E-state index contributed by atoms with van der Waals surface area (Å²) in [5.74, 6) is -0.178. The number of fused-ring (bicyclic) bond motifs is 1. The van der Waals surface area contributed by atoms with Crippen LogP contribution in [0.1, 0.15) is 37.1 Å². The third-order valence-electron chi connectivity index (χ3n) is 2.59. The SMILES string of the molecule is CC(C)(C)Cc1nc(Br)c2cccc(C(=O)O)n12. The quantitative estimate of drug-likeness (QED) is 0.925. The molecular formula is C13H15BrN2O2. The summed E-state index contributed by atoms with van der Waals surface area (Å²) < 4.78 is 2.39. The summed E-state index contributed by atoms with van der Waals surface area (Å²) in [7, 11) is 0. The molecular weight excluding hydrogens is 296 g/mol. The zero-order chi connectivity index (χ0) is 13.5. The van der Waals surface area contributed by atoms with Gasteiger partial charge < -0.3 is 5.11 Å². The number of imidazole rings is 1. The van der Waals surface area contributed by atoms with Gasteiger partial charge in [-0.2, -0.15) is 0 Å². The number of carboxylic acid groups (broad SMARTS) is 1. The first-order valence-electron chi connectivity index (χ1n) is 5.69. The number of nitrogens with zero attached hydrogens (tertiary/aromatic N) is 2. The predicted octanol–water partition coefficient (Wildman–Crippen LogP) is 3.38. The minimum Gasteiger partial charge on any atom is -0.477 e. The topological polar surface area (TPSA) is 54.6 Å². The van der Waals surface area contributed by atoms with E-state index in [4.69, 9.17) is 0 Å². The Hall–Kier alpha value is -1.36. The predicted molar refractivity (Wildman–Crippen MR) is 73.0 cm³/mol. The van der Waals surface area contributed by atoms with E-state index in [9.17, 15) is 9.90 Å². The summed E-state index contributed by atoms with van der Waals surface area (Å²) in [6, 6.07) is 5.18. The largest absolute Gasteiger partial charge is 0.477 e. The van der Waals surface area contributed by atoms with E-state index in [1.54, 1.807) is 16.5 Å². The molecule has 0 unspecified atom stereocenters. The Balaban J connectivity index is 2.70. The number of hydrogen-bond donors (Lipinski definition) is 1. The van der Waals surface area contributed by atoms with E-state index < -0.39 is 5.97 Å². The van der Waals surface area contributed by atoms with Crippen LogP contribution >= 0.6 is 15.9 Å². The Bertz CT molecular complexity index is 611. The van der Waals surface area contributed by atoms with Gasteiger partial charge in [0.25, 0.3) is 0 Å². The lowest BCUT2D eigenvalue weighted by Gasteiger charge is -2.17. The standard InChI is InChI=1S/C13H15BrN2O2/c1-13(2,3)7-10-15-11(14)8-5-4-6-9(12(17)18)16(8)10/h4-6H,7H2,1-3H3,(H,17,18). The molecule has 0 fully saturated rings. The van der Waals surface area contributed by atoms with Gasteiger partial charge in [0.1, 0.15) is 16.1 Å². The van der Waals surface area contributed by atoms with Gasteiger partial charge >= 0.3 is 5.97 Å². The van der Waals surface area contributed by atoms with Crippen LogP contribution in [0.3, 0.4) is 0 Å². The van der Waals surface area contributed by atoms with Crippen LogP contribution < -0.4 is 0 Å². The summed E-state index contributed by atoms with van der Waals surface area (Å²) in [6.45, 7) is 6.31. The van der Waals surface area contributed by atoms with Gasteiger partial charge in [0.05, 0.1) is 5.52 Å². The zero-order valence-corrected chi connectivity index (χ0v) is 12.2. The number of carboxylic acids is 1. The summed E-state index contributed by atoms with van der Waals surface area (Å²) in [6.07, 6.45) is 0.712. The van der Waals surface area contributed by atoms with Crippen LogP contribution in [0.2, 0.25) is 0 Å². The Morgan fingerprint density at radius 2 is 2.11 bits per heavy atom. The summed E-state index contributed by atoms with van der Waals surface area (Å²) >= 11 is 3.38. The number of carbonyl (C=O) groups is 1. The highest BCUT2D eigenvalue weighted by molar-refractivity contribution is 9.10. The number of rotatable bonds is 2. The highest BCUT2D eigenvalue weighted by atomic mass is 79.9. The summed E-state index contributed by atoms with van der Waals surface area (Å²) in [5, 5.41) is 9.25. The number of halogens is 1. The summed E-state index contributed by atoms with van der Waals surface area (Å²) in [4.78, 5) is 15.7. The number of aromatic nitrogens is 2. The molecule has 2 aromatic heterocycles. The first-order chi connectivity index (χ1) is 8.29. The monoisotopic (exact) mass is 310 g/mol. The van der Waals surface area contributed by atoms with Crippen LogP contribution in [-0.4, -0.2) is 20.5 Å². The van der Waals surface area contributed by atoms with Crippen molar-refractivity contribution in [2.24, 2.45) is 5.41 Å². The van der Waals surface area contributed by atoms with E-state index in [2.05, 4.69) is 41.7 Å². The molecule has 0 aromatic carbocycles. The number of hydrogen-bond acceptors (Lipinski definition) is 2. The molecule has 0 spiro atoms. The Kier molecular flexibility index (Phi) is 3.19. The van der Waals surface area contributed by atoms with Crippen LogP contribution in [-0.2, 0) is 6.42 Å². The fraction of sp³-hybridized carbons (Fsp3) is 0.385. The second kappa shape index (κ2) is 4.39. The van der Waals surface area contributed by atoms with E-state index in [0.29, 0.717) is 11.0 Å². The van der Waals surface area contributed by atoms with Gasteiger partial charge in [-0.3, -0.25) is 4.40 Å². The van der Waals surface area contributed by atoms with Gasteiger partial charge in [-0.05, 0) is 33.5 Å². The third-order valence-corrected chi connectivity index (χ3v) is 3.18. The fourth-order valence-electron chi connectivity index (χ4n) is 1.93. The molecule has 0 saturated heterocycles. The van der Waals surface area contributed by atoms with Crippen LogP contribution in [0, 0.1) is 5.41 Å². The van der Waals surface area contributed by atoms with Crippen molar-refractivity contribution in [1.29, 1.82) is 0 Å². The lowest BCUT2D eigenvalue weighted by atomic mass is 9.92. The Morgan fingerprint density at radius 1 is 1.44 bits per heavy atom. The number of aromatic carboxylic acids is 1. The molecule has 0 saturated carbocycles. The van der Waals surface area contributed by atoms with Crippen molar-refractivity contribution in [3.63, 3.8) is 0 Å².